The number of fused-ring (bicyclic) bond motifs is 1. The largest absolute Gasteiger partial charge is 0.309 e. The van der Waals surface area contributed by atoms with Crippen molar-refractivity contribution in [1.82, 2.24) is 9.55 Å². The van der Waals surface area contributed by atoms with Gasteiger partial charge in [0.05, 0.1) is 22.5 Å². The van der Waals surface area contributed by atoms with E-state index in [-0.39, 0.29) is 6.04 Å². The average Bonchev–Trinajstić information content (AvgIpc) is 3.20. The number of aromatic nitrogens is 2. The van der Waals surface area contributed by atoms with Gasteiger partial charge in [-0.2, -0.15) is 0 Å². The van der Waals surface area contributed by atoms with Crippen LogP contribution in [-0.2, 0) is 6.42 Å². The lowest BCUT2D eigenvalue weighted by molar-refractivity contribution is 0.800. The van der Waals surface area contributed by atoms with Crippen molar-refractivity contribution in [3.63, 3.8) is 0 Å². The summed E-state index contributed by atoms with van der Waals surface area (Å²) in [5.74, 6) is 0.883. The lowest BCUT2D eigenvalue weighted by Crippen LogP contribution is -2.33. The van der Waals surface area contributed by atoms with Crippen molar-refractivity contribution in [1.29, 1.82) is 0 Å². The summed E-state index contributed by atoms with van der Waals surface area (Å²) in [6.07, 6.45) is 3.09. The van der Waals surface area contributed by atoms with Crippen molar-refractivity contribution in [2.75, 3.05) is 0 Å². The Bertz CT molecular complexity index is 1400. The molecule has 0 spiro atoms. The van der Waals surface area contributed by atoms with Crippen LogP contribution >= 0.6 is 12.2 Å². The number of hydrogen-bond donors (Lipinski definition) is 0. The smallest absolute Gasteiger partial charge is 0.219 e. The molecule has 0 unspecified atom stereocenters. The molecular weight excluding hydrogens is 436 g/mol. The van der Waals surface area contributed by atoms with Crippen molar-refractivity contribution in [3.05, 3.63) is 107 Å². The van der Waals surface area contributed by atoms with Gasteiger partial charge in [-0.05, 0) is 67.4 Å². The second kappa shape index (κ2) is 9.27. The van der Waals surface area contributed by atoms with Crippen molar-refractivity contribution >= 4 is 45.9 Å². The Morgan fingerprint density at radius 2 is 1.47 bits per heavy atom. The van der Waals surface area contributed by atoms with Crippen LogP contribution in [0.2, 0.25) is 0 Å². The van der Waals surface area contributed by atoms with E-state index in [1.165, 1.54) is 11.1 Å². The van der Waals surface area contributed by atoms with Gasteiger partial charge in [-0.3, -0.25) is 0 Å². The fraction of sp³-hybridized carbons (Fsp3) is 0.172. The molecule has 168 valence electrons. The lowest BCUT2D eigenvalue weighted by atomic mass is 9.93. The molecule has 0 aliphatic carbocycles. The summed E-state index contributed by atoms with van der Waals surface area (Å²) in [5.41, 5.74) is 8.26. The van der Waals surface area contributed by atoms with Gasteiger partial charge in [0, 0.05) is 0 Å². The third-order valence-corrected chi connectivity index (χ3v) is 6.14. The van der Waals surface area contributed by atoms with Crippen LogP contribution in [0.5, 0.6) is 0 Å². The van der Waals surface area contributed by atoms with Crippen molar-refractivity contribution in [2.45, 2.75) is 33.2 Å². The highest BCUT2D eigenvalue weighted by Crippen LogP contribution is 2.32. The van der Waals surface area contributed by atoms with Gasteiger partial charge in [0.2, 0.25) is 5.11 Å². The summed E-state index contributed by atoms with van der Waals surface area (Å²) in [5, 5.41) is 0.343. The Kier molecular flexibility index (Phi) is 6.03. The van der Waals surface area contributed by atoms with Crippen molar-refractivity contribution in [2.24, 2.45) is 9.98 Å². The fourth-order valence-corrected chi connectivity index (χ4v) is 4.60. The van der Waals surface area contributed by atoms with Gasteiger partial charge < -0.3 is 4.57 Å². The van der Waals surface area contributed by atoms with Crippen LogP contribution in [0.1, 0.15) is 49.3 Å². The van der Waals surface area contributed by atoms with Crippen LogP contribution in [0.4, 0.5) is 0 Å². The summed E-state index contributed by atoms with van der Waals surface area (Å²) in [7, 11) is 0. The van der Waals surface area contributed by atoms with Crippen LogP contribution in [-0.4, -0.2) is 26.1 Å². The zero-order valence-electron chi connectivity index (χ0n) is 19.6. The summed E-state index contributed by atoms with van der Waals surface area (Å²) >= 11 is 5.56. The lowest BCUT2D eigenvalue weighted by Gasteiger charge is -2.28. The Morgan fingerprint density at radius 1 is 0.882 bits per heavy atom. The molecule has 4 aromatic rings. The SMILES string of the molecule is CCc1ccc2c(c1)nc(C=C(C)C)n2C1C(c2ccccc2)=NC(=S)N=C1c1ccccc1. The minimum atomic E-state index is -0.278. The molecule has 0 amide bonds. The Hall–Kier alpha value is -3.70. The van der Waals surface area contributed by atoms with Gasteiger partial charge in [0.15, 0.2) is 0 Å². The normalized spacial score (nSPS) is 14.1. The third kappa shape index (κ3) is 4.15. The maximum atomic E-state index is 5.56. The second-order valence-corrected chi connectivity index (χ2v) is 9.01. The summed E-state index contributed by atoms with van der Waals surface area (Å²) < 4.78 is 2.27. The molecule has 4 nitrogen and oxygen atoms in total. The van der Waals surface area contributed by atoms with Crippen LogP contribution in [0.15, 0.2) is 94.4 Å². The first-order valence-corrected chi connectivity index (χ1v) is 11.9. The molecule has 0 atom stereocenters. The summed E-state index contributed by atoms with van der Waals surface area (Å²) in [6, 6.07) is 26.7. The van der Waals surface area contributed by atoms with E-state index in [9.17, 15) is 0 Å². The van der Waals surface area contributed by atoms with Gasteiger partial charge in [-0.1, -0.05) is 79.2 Å². The van der Waals surface area contributed by atoms with Gasteiger partial charge in [0.25, 0.3) is 0 Å². The van der Waals surface area contributed by atoms with Crippen LogP contribution in [0, 0.1) is 0 Å². The average molecular weight is 463 g/mol. The molecule has 1 aliphatic heterocycles. The van der Waals surface area contributed by atoms with Crippen LogP contribution in [0.3, 0.4) is 0 Å². The number of aliphatic imine (C=N–C) groups is 2. The van der Waals surface area contributed by atoms with Crippen molar-refractivity contribution in [3.8, 4) is 0 Å². The maximum Gasteiger partial charge on any atom is 0.219 e. The quantitative estimate of drug-likeness (QED) is 0.305. The molecule has 0 saturated carbocycles. The number of hydrogen-bond acceptors (Lipinski definition) is 2. The molecular formula is C29H26N4S. The highest BCUT2D eigenvalue weighted by Gasteiger charge is 2.33. The molecule has 1 aliphatic rings. The zero-order chi connectivity index (χ0) is 23.7. The standard InChI is InChI=1S/C29H26N4S/c1-4-20-15-16-24-23(18-20)30-25(17-19(2)3)33(24)28-26(21-11-7-5-8-12-21)31-29(34)32-27(28)22-13-9-6-10-14-22/h5-18,28H,4H2,1-3H3. The van der Waals surface area contributed by atoms with E-state index >= 15 is 0 Å². The third-order valence-electron chi connectivity index (χ3n) is 5.95. The Labute approximate surface area is 205 Å². The number of allylic oxidation sites excluding steroid dienone is 1. The van der Waals surface area contributed by atoms with Gasteiger partial charge in [-0.25, -0.2) is 15.0 Å². The van der Waals surface area contributed by atoms with Gasteiger partial charge >= 0.3 is 0 Å². The van der Waals surface area contributed by atoms with E-state index < -0.39 is 0 Å². The number of thiocarbonyl (C=S) groups is 1. The highest BCUT2D eigenvalue weighted by molar-refractivity contribution is 7.80. The number of nitrogens with zero attached hydrogens (tertiary/aromatic N) is 4. The van der Waals surface area contributed by atoms with E-state index in [1.54, 1.807) is 0 Å². The summed E-state index contributed by atoms with van der Waals surface area (Å²) in [6.45, 7) is 6.35. The van der Waals surface area contributed by atoms with E-state index in [0.29, 0.717) is 5.11 Å². The predicted molar refractivity (Wildman–Crippen MR) is 146 cm³/mol. The number of rotatable bonds is 5. The second-order valence-electron chi connectivity index (χ2n) is 8.65. The molecule has 0 bridgehead atoms. The van der Waals surface area contributed by atoms with E-state index in [2.05, 4.69) is 73.9 Å². The molecule has 1 aromatic heterocycles. The van der Waals surface area contributed by atoms with E-state index in [0.717, 1.165) is 45.8 Å². The molecule has 5 heteroatoms. The molecule has 34 heavy (non-hydrogen) atoms. The Balaban J connectivity index is 1.83. The predicted octanol–water partition coefficient (Wildman–Crippen LogP) is 6.84. The number of imidazole rings is 1. The first-order chi connectivity index (χ1) is 16.5. The van der Waals surface area contributed by atoms with Gasteiger partial charge in [0.1, 0.15) is 11.9 Å². The molecule has 0 N–H and O–H groups in total. The van der Waals surface area contributed by atoms with Crippen LogP contribution in [0.25, 0.3) is 17.1 Å². The summed E-state index contributed by atoms with van der Waals surface area (Å²) in [4.78, 5) is 14.7. The van der Waals surface area contributed by atoms with Crippen molar-refractivity contribution < 1.29 is 0 Å². The maximum absolute atomic E-state index is 5.56. The minimum Gasteiger partial charge on any atom is -0.309 e. The Morgan fingerprint density at radius 3 is 2.00 bits per heavy atom. The monoisotopic (exact) mass is 462 g/mol. The number of benzene rings is 3. The zero-order valence-corrected chi connectivity index (χ0v) is 20.4. The molecule has 2 heterocycles. The molecule has 3 aromatic carbocycles. The molecule has 5 rings (SSSR count). The fourth-order valence-electron chi connectivity index (χ4n) is 4.40. The van der Waals surface area contributed by atoms with Crippen LogP contribution < -0.4 is 0 Å². The first-order valence-electron chi connectivity index (χ1n) is 11.5. The molecule has 0 saturated heterocycles. The first kappa shape index (κ1) is 22.1. The minimum absolute atomic E-state index is 0.278. The molecule has 0 fully saturated rings. The molecule has 0 radical (unpaired) electrons. The topological polar surface area (TPSA) is 42.5 Å². The number of aryl methyl sites for hydroxylation is 1. The van der Waals surface area contributed by atoms with E-state index in [4.69, 9.17) is 27.2 Å². The van der Waals surface area contributed by atoms with Gasteiger partial charge in [-0.15, -0.1) is 0 Å². The highest BCUT2D eigenvalue weighted by atomic mass is 32.1. The van der Waals surface area contributed by atoms with E-state index in [1.807, 2.05) is 36.4 Å².